The molecule has 294 valence electrons. The number of nitrogens with two attached hydrogens (primary N) is 1. The quantitative estimate of drug-likeness (QED) is 0.210. The average molecular weight is 798 g/mol. The molecule has 16 nitrogen and oxygen atoms in total. The third kappa shape index (κ3) is 6.33. The first-order valence-corrected chi connectivity index (χ1v) is 20.3. The van der Waals surface area contributed by atoms with Gasteiger partial charge in [0.05, 0.1) is 45.4 Å². The number of carbonyl (C=O) groups is 5. The molecule has 17 heteroatoms. The van der Waals surface area contributed by atoms with E-state index in [2.05, 4.69) is 31.6 Å². The number of carbonyl (C=O) groups excluding carboxylic acids is 5. The molecule has 5 aromatic rings. The number of hydrogen-bond donors (Lipinski definition) is 2. The van der Waals surface area contributed by atoms with Crippen molar-refractivity contribution in [1.82, 2.24) is 34.6 Å². The summed E-state index contributed by atoms with van der Waals surface area (Å²) >= 11 is 1.49. The summed E-state index contributed by atoms with van der Waals surface area (Å²) in [7, 11) is 1.83. The molecule has 4 aromatic heterocycles. The Labute approximate surface area is 336 Å². The SMILES string of the molecule is CNc1cc(-c2ccc3cc(C#N)cnn23)ncc1-c1nnc(C2CCC(N3C(=O)CCC(N4C(=O)c5ccc(N6CCC(C(N)=O)CC6)cc5C4=O)C3=O)CC2)s1. The van der Waals surface area contributed by atoms with Gasteiger partial charge in [-0.25, -0.2) is 4.52 Å². The number of likely N-dealkylation sites (tertiary alicyclic amines) is 1. The summed E-state index contributed by atoms with van der Waals surface area (Å²) in [6, 6.07) is 13.3. The monoisotopic (exact) mass is 797 g/mol. The van der Waals surface area contributed by atoms with Crippen molar-refractivity contribution in [1.29, 1.82) is 5.26 Å². The number of primary amides is 1. The van der Waals surface area contributed by atoms with Gasteiger partial charge in [-0.2, -0.15) is 10.4 Å². The maximum absolute atomic E-state index is 14.1. The molecule has 1 unspecified atom stereocenters. The molecule has 1 aliphatic carbocycles. The van der Waals surface area contributed by atoms with Gasteiger partial charge in [0.2, 0.25) is 11.8 Å². The Morgan fingerprint density at radius 2 is 1.66 bits per heavy atom. The minimum Gasteiger partial charge on any atom is -0.387 e. The number of nitrogens with one attached hydrogen (secondary N) is 1. The van der Waals surface area contributed by atoms with Crippen molar-refractivity contribution >= 4 is 57.8 Å². The van der Waals surface area contributed by atoms with Gasteiger partial charge in [-0.05, 0) is 87.4 Å². The van der Waals surface area contributed by atoms with Gasteiger partial charge < -0.3 is 16.0 Å². The Hall–Kier alpha value is -6.54. The Kier molecular flexibility index (Phi) is 9.43. The molecule has 1 aromatic carbocycles. The predicted molar refractivity (Wildman–Crippen MR) is 213 cm³/mol. The maximum Gasteiger partial charge on any atom is 0.262 e. The number of nitrogens with zero attached hydrogens (tertiary/aromatic N) is 9. The van der Waals surface area contributed by atoms with Crippen LogP contribution in [0.3, 0.4) is 0 Å². The Morgan fingerprint density at radius 3 is 2.40 bits per heavy atom. The summed E-state index contributed by atoms with van der Waals surface area (Å²) in [6.45, 7) is 1.20. The zero-order chi connectivity index (χ0) is 40.2. The maximum atomic E-state index is 14.1. The second-order valence-corrected chi connectivity index (χ2v) is 16.3. The lowest BCUT2D eigenvalue weighted by Gasteiger charge is -2.41. The van der Waals surface area contributed by atoms with Crippen LogP contribution in [-0.2, 0) is 14.4 Å². The first kappa shape index (κ1) is 37.1. The number of piperidine rings is 2. The number of pyridine rings is 1. The van der Waals surface area contributed by atoms with Crippen molar-refractivity contribution in [3.63, 3.8) is 0 Å². The fourth-order valence-electron chi connectivity index (χ4n) is 8.88. The smallest absolute Gasteiger partial charge is 0.262 e. The van der Waals surface area contributed by atoms with Gasteiger partial charge >= 0.3 is 0 Å². The molecular formula is C41H39N11O5S. The normalized spacial score (nSPS) is 21.4. The molecule has 3 fully saturated rings. The lowest BCUT2D eigenvalue weighted by Crippen LogP contribution is -2.59. The number of imide groups is 2. The van der Waals surface area contributed by atoms with E-state index in [1.165, 1.54) is 22.4 Å². The first-order chi connectivity index (χ1) is 28.1. The zero-order valence-electron chi connectivity index (χ0n) is 31.6. The number of fused-ring (bicyclic) bond motifs is 2. The first-order valence-electron chi connectivity index (χ1n) is 19.5. The van der Waals surface area contributed by atoms with E-state index in [4.69, 9.17) is 10.7 Å². The zero-order valence-corrected chi connectivity index (χ0v) is 32.4. The van der Waals surface area contributed by atoms with Crippen molar-refractivity contribution in [3.05, 3.63) is 76.6 Å². The Morgan fingerprint density at radius 1 is 0.879 bits per heavy atom. The van der Waals surface area contributed by atoms with Crippen molar-refractivity contribution in [2.45, 2.75) is 69.4 Å². The summed E-state index contributed by atoms with van der Waals surface area (Å²) in [4.78, 5) is 75.7. The van der Waals surface area contributed by atoms with E-state index < -0.39 is 23.8 Å². The highest BCUT2D eigenvalue weighted by molar-refractivity contribution is 7.14. The lowest BCUT2D eigenvalue weighted by molar-refractivity contribution is -0.155. The van der Waals surface area contributed by atoms with Crippen LogP contribution >= 0.6 is 11.3 Å². The van der Waals surface area contributed by atoms with Gasteiger partial charge in [-0.1, -0.05) is 11.3 Å². The minimum absolute atomic E-state index is 0.0591. The van der Waals surface area contributed by atoms with Gasteiger partial charge in [0.15, 0.2) is 5.01 Å². The van der Waals surface area contributed by atoms with E-state index in [1.807, 2.05) is 25.2 Å². The van der Waals surface area contributed by atoms with Crippen LogP contribution in [0.15, 0.2) is 54.9 Å². The second-order valence-electron chi connectivity index (χ2n) is 15.3. The molecule has 0 radical (unpaired) electrons. The molecular weight excluding hydrogens is 759 g/mol. The molecule has 0 bridgehead atoms. The highest BCUT2D eigenvalue weighted by Crippen LogP contribution is 2.41. The van der Waals surface area contributed by atoms with E-state index in [0.717, 1.165) is 38.1 Å². The van der Waals surface area contributed by atoms with Crippen LogP contribution in [0.4, 0.5) is 11.4 Å². The van der Waals surface area contributed by atoms with Crippen molar-refractivity contribution in [2.24, 2.45) is 11.7 Å². The molecule has 0 spiro atoms. The molecule has 4 aliphatic rings. The standard InChI is InChI=1S/C41H39N11O5S/c1-44-31-18-32(33-9-7-27-16-22(19-42)20-46-52(27)33)45-21-30(31)38-48-47-37(58-38)24-2-4-25(5-3-24)50-35(53)11-10-34(41(50)57)51-39(55)28-8-6-26(17-29(28)40(51)56)49-14-12-23(13-15-49)36(43)54/h6-9,16-18,20-21,23-25,34H,2-5,10-15H2,1H3,(H2,43,54)(H,44,45). The van der Waals surface area contributed by atoms with E-state index in [1.54, 1.807) is 35.0 Å². The molecule has 1 saturated carbocycles. The number of nitriles is 1. The molecule has 3 aliphatic heterocycles. The fourth-order valence-corrected chi connectivity index (χ4v) is 9.91. The van der Waals surface area contributed by atoms with Gasteiger partial charge in [-0.15, -0.1) is 10.2 Å². The molecule has 3 N–H and O–H groups in total. The van der Waals surface area contributed by atoms with Crippen LogP contribution in [0.1, 0.15) is 88.6 Å². The van der Waals surface area contributed by atoms with E-state index in [0.29, 0.717) is 67.9 Å². The van der Waals surface area contributed by atoms with Crippen LogP contribution in [0.2, 0.25) is 0 Å². The number of aromatic nitrogens is 5. The van der Waals surface area contributed by atoms with E-state index in [9.17, 15) is 29.2 Å². The molecule has 58 heavy (non-hydrogen) atoms. The van der Waals surface area contributed by atoms with Crippen LogP contribution in [-0.4, -0.2) is 96.4 Å². The summed E-state index contributed by atoms with van der Waals surface area (Å²) < 4.78 is 1.74. The summed E-state index contributed by atoms with van der Waals surface area (Å²) in [5, 5.41) is 27.6. The molecule has 5 amide bonds. The minimum atomic E-state index is -1.06. The predicted octanol–water partition coefficient (Wildman–Crippen LogP) is 4.37. The molecule has 7 heterocycles. The largest absolute Gasteiger partial charge is 0.387 e. The number of anilines is 2. The Bertz CT molecular complexity index is 2560. The van der Waals surface area contributed by atoms with Crippen LogP contribution in [0.5, 0.6) is 0 Å². The van der Waals surface area contributed by atoms with Crippen molar-refractivity contribution < 1.29 is 24.0 Å². The Balaban J connectivity index is 0.860. The summed E-state index contributed by atoms with van der Waals surface area (Å²) in [5.74, 6) is -2.26. The fraction of sp³-hybridized carbons (Fsp3) is 0.366. The third-order valence-electron chi connectivity index (χ3n) is 12.0. The van der Waals surface area contributed by atoms with Gasteiger partial charge in [0, 0.05) is 62.0 Å². The number of benzene rings is 1. The van der Waals surface area contributed by atoms with Crippen LogP contribution in [0, 0.1) is 17.2 Å². The topological polar surface area (TPSA) is 213 Å². The van der Waals surface area contributed by atoms with Crippen molar-refractivity contribution in [3.8, 4) is 28.0 Å². The lowest BCUT2D eigenvalue weighted by atomic mass is 9.84. The molecule has 9 rings (SSSR count). The van der Waals surface area contributed by atoms with Gasteiger partial charge in [0.25, 0.3) is 17.7 Å². The van der Waals surface area contributed by atoms with Crippen molar-refractivity contribution in [2.75, 3.05) is 30.4 Å². The van der Waals surface area contributed by atoms with E-state index >= 15 is 0 Å². The highest BCUT2D eigenvalue weighted by atomic mass is 32.1. The molecule has 2 saturated heterocycles. The number of amides is 5. The number of hydrogen-bond acceptors (Lipinski definition) is 13. The second kappa shape index (κ2) is 14.8. The van der Waals surface area contributed by atoms with Gasteiger partial charge in [0.1, 0.15) is 17.1 Å². The summed E-state index contributed by atoms with van der Waals surface area (Å²) in [6.07, 6.45) is 7.15. The van der Waals surface area contributed by atoms with Crippen LogP contribution < -0.4 is 16.0 Å². The summed E-state index contributed by atoms with van der Waals surface area (Å²) in [5.41, 5.74) is 11.1. The van der Waals surface area contributed by atoms with Crippen LogP contribution in [0.25, 0.3) is 27.5 Å². The third-order valence-corrected chi connectivity index (χ3v) is 13.2. The molecule has 1 atom stereocenters. The van der Waals surface area contributed by atoms with E-state index in [-0.39, 0.29) is 53.7 Å². The number of rotatable bonds is 8. The highest BCUT2D eigenvalue weighted by Gasteiger charge is 2.49. The average Bonchev–Trinajstić information content (AvgIpc) is 3.97. The van der Waals surface area contributed by atoms with Gasteiger partial charge in [-0.3, -0.25) is 38.8 Å².